The largest absolute Gasteiger partial charge is 0.490 e. The fourth-order valence-corrected chi connectivity index (χ4v) is 1.89. The van der Waals surface area contributed by atoms with E-state index in [0.29, 0.717) is 12.5 Å². The van der Waals surface area contributed by atoms with Gasteiger partial charge in [0.15, 0.2) is 0 Å². The zero-order valence-corrected chi connectivity index (χ0v) is 9.82. The Labute approximate surface area is 95.4 Å². The Morgan fingerprint density at radius 3 is 2.88 bits per heavy atom. The summed E-state index contributed by atoms with van der Waals surface area (Å²) in [5.74, 6) is 1.09. The first-order valence-electron chi connectivity index (χ1n) is 5.51. The van der Waals surface area contributed by atoms with E-state index in [0.717, 1.165) is 11.3 Å². The van der Waals surface area contributed by atoms with E-state index in [1.54, 1.807) is 0 Å². The first-order chi connectivity index (χ1) is 7.58. The highest BCUT2D eigenvalue weighted by Gasteiger charge is 2.27. The van der Waals surface area contributed by atoms with Crippen LogP contribution in [0.2, 0.25) is 0 Å². The molecule has 0 fully saturated rings. The highest BCUT2D eigenvalue weighted by atomic mass is 16.5. The molecular formula is C13H16O3. The number of esters is 1. The summed E-state index contributed by atoms with van der Waals surface area (Å²) < 4.78 is 10.7. The molecule has 0 aromatic heterocycles. The summed E-state index contributed by atoms with van der Waals surface area (Å²) in [5.41, 5.74) is 2.20. The van der Waals surface area contributed by atoms with E-state index in [1.165, 1.54) is 12.5 Å². The molecule has 0 bridgehead atoms. The Hall–Kier alpha value is -1.51. The van der Waals surface area contributed by atoms with Gasteiger partial charge in [0, 0.05) is 18.4 Å². The third-order valence-electron chi connectivity index (χ3n) is 3.03. The lowest BCUT2D eigenvalue weighted by Crippen LogP contribution is -2.10. The van der Waals surface area contributed by atoms with Gasteiger partial charge >= 0.3 is 5.97 Å². The maximum Gasteiger partial charge on any atom is 0.302 e. The monoisotopic (exact) mass is 220 g/mol. The molecule has 1 heterocycles. The van der Waals surface area contributed by atoms with Crippen LogP contribution in [-0.4, -0.2) is 12.1 Å². The first kappa shape index (κ1) is 11.0. The second-order valence-corrected chi connectivity index (χ2v) is 4.26. The van der Waals surface area contributed by atoms with Crippen molar-refractivity contribution < 1.29 is 14.3 Å². The molecule has 1 aromatic rings. The van der Waals surface area contributed by atoms with Crippen molar-refractivity contribution >= 4 is 5.97 Å². The third kappa shape index (κ3) is 2.03. The molecule has 1 aromatic carbocycles. The van der Waals surface area contributed by atoms with Crippen LogP contribution in [-0.2, 0) is 16.1 Å². The van der Waals surface area contributed by atoms with Gasteiger partial charge in [0.2, 0.25) is 0 Å². The Balaban J connectivity index is 2.15. The fourth-order valence-electron chi connectivity index (χ4n) is 1.89. The zero-order chi connectivity index (χ0) is 11.7. The van der Waals surface area contributed by atoms with Crippen LogP contribution < -0.4 is 4.74 Å². The topological polar surface area (TPSA) is 35.5 Å². The fraction of sp³-hybridized carbons (Fsp3) is 0.462. The van der Waals surface area contributed by atoms with Crippen LogP contribution in [0.25, 0.3) is 0 Å². The molecule has 0 spiro atoms. The molecule has 1 aliphatic rings. The van der Waals surface area contributed by atoms with Crippen LogP contribution >= 0.6 is 0 Å². The lowest BCUT2D eigenvalue weighted by molar-refractivity contribution is -0.142. The number of benzene rings is 1. The molecule has 2 unspecified atom stereocenters. The minimum absolute atomic E-state index is 0.221. The molecule has 0 amide bonds. The van der Waals surface area contributed by atoms with Gasteiger partial charge < -0.3 is 9.47 Å². The SMILES string of the molecule is CC(=O)OCc1ccc2c(c1)OC(C)C2C. The zero-order valence-electron chi connectivity index (χ0n) is 9.82. The van der Waals surface area contributed by atoms with E-state index >= 15 is 0 Å². The highest BCUT2D eigenvalue weighted by Crippen LogP contribution is 2.38. The summed E-state index contributed by atoms with van der Waals surface area (Å²) in [4.78, 5) is 10.7. The average Bonchev–Trinajstić information content (AvgIpc) is 2.52. The average molecular weight is 220 g/mol. The molecule has 2 rings (SSSR count). The van der Waals surface area contributed by atoms with Crippen LogP contribution in [0.4, 0.5) is 0 Å². The first-order valence-corrected chi connectivity index (χ1v) is 5.51. The number of hydrogen-bond donors (Lipinski definition) is 0. The Morgan fingerprint density at radius 2 is 2.19 bits per heavy atom. The number of hydrogen-bond acceptors (Lipinski definition) is 3. The van der Waals surface area contributed by atoms with E-state index < -0.39 is 0 Å². The minimum atomic E-state index is -0.261. The lowest BCUT2D eigenvalue weighted by atomic mass is 9.98. The molecule has 0 saturated carbocycles. The molecule has 3 heteroatoms. The van der Waals surface area contributed by atoms with Gasteiger partial charge in [-0.1, -0.05) is 19.1 Å². The van der Waals surface area contributed by atoms with E-state index in [4.69, 9.17) is 9.47 Å². The van der Waals surface area contributed by atoms with Crippen molar-refractivity contribution in [2.45, 2.75) is 39.4 Å². The normalized spacial score (nSPS) is 22.4. The molecular weight excluding hydrogens is 204 g/mol. The van der Waals surface area contributed by atoms with Crippen molar-refractivity contribution in [3.63, 3.8) is 0 Å². The van der Waals surface area contributed by atoms with Crippen LogP contribution in [0.1, 0.15) is 37.8 Å². The predicted molar refractivity (Wildman–Crippen MR) is 60.4 cm³/mol. The van der Waals surface area contributed by atoms with Gasteiger partial charge in [-0.25, -0.2) is 0 Å². The maximum absolute atomic E-state index is 10.7. The van der Waals surface area contributed by atoms with Crippen LogP contribution in [0.3, 0.4) is 0 Å². The molecule has 16 heavy (non-hydrogen) atoms. The van der Waals surface area contributed by atoms with E-state index in [1.807, 2.05) is 12.1 Å². The van der Waals surface area contributed by atoms with Crippen molar-refractivity contribution in [2.24, 2.45) is 0 Å². The molecule has 2 atom stereocenters. The molecule has 0 radical (unpaired) electrons. The Kier molecular flexibility index (Phi) is 2.86. The van der Waals surface area contributed by atoms with Gasteiger partial charge in [-0.3, -0.25) is 4.79 Å². The van der Waals surface area contributed by atoms with Gasteiger partial charge in [0.1, 0.15) is 18.5 Å². The molecule has 1 aliphatic heterocycles. The number of rotatable bonds is 2. The summed E-state index contributed by atoms with van der Waals surface area (Å²) in [6.45, 7) is 5.95. The number of fused-ring (bicyclic) bond motifs is 1. The van der Waals surface area contributed by atoms with Crippen LogP contribution in [0.5, 0.6) is 5.75 Å². The Morgan fingerprint density at radius 1 is 1.44 bits per heavy atom. The van der Waals surface area contributed by atoms with Crippen molar-refractivity contribution in [1.29, 1.82) is 0 Å². The predicted octanol–water partition coefficient (Wildman–Crippen LogP) is 2.63. The third-order valence-corrected chi connectivity index (χ3v) is 3.03. The second-order valence-electron chi connectivity index (χ2n) is 4.26. The van der Waals surface area contributed by atoms with Crippen molar-refractivity contribution in [3.05, 3.63) is 29.3 Å². The van der Waals surface area contributed by atoms with E-state index in [2.05, 4.69) is 19.9 Å². The molecule has 0 N–H and O–H groups in total. The molecule has 86 valence electrons. The maximum atomic E-state index is 10.7. The van der Waals surface area contributed by atoms with Gasteiger partial charge in [-0.15, -0.1) is 0 Å². The molecule has 0 saturated heterocycles. The van der Waals surface area contributed by atoms with Gasteiger partial charge in [-0.05, 0) is 18.6 Å². The molecule has 3 nitrogen and oxygen atoms in total. The van der Waals surface area contributed by atoms with Crippen LogP contribution in [0.15, 0.2) is 18.2 Å². The number of carbonyl (C=O) groups is 1. The van der Waals surface area contributed by atoms with Crippen molar-refractivity contribution in [2.75, 3.05) is 0 Å². The Bertz CT molecular complexity index is 412. The van der Waals surface area contributed by atoms with E-state index in [9.17, 15) is 4.79 Å². The molecule has 0 aliphatic carbocycles. The second kappa shape index (κ2) is 4.16. The summed E-state index contributed by atoms with van der Waals surface area (Å²) in [6.07, 6.45) is 0.221. The van der Waals surface area contributed by atoms with Gasteiger partial charge in [-0.2, -0.15) is 0 Å². The van der Waals surface area contributed by atoms with Crippen molar-refractivity contribution in [3.8, 4) is 5.75 Å². The van der Waals surface area contributed by atoms with Gasteiger partial charge in [0.25, 0.3) is 0 Å². The lowest BCUT2D eigenvalue weighted by Gasteiger charge is -2.06. The summed E-state index contributed by atoms with van der Waals surface area (Å²) >= 11 is 0. The van der Waals surface area contributed by atoms with Crippen molar-refractivity contribution in [1.82, 2.24) is 0 Å². The van der Waals surface area contributed by atoms with Gasteiger partial charge in [0.05, 0.1) is 0 Å². The highest BCUT2D eigenvalue weighted by molar-refractivity contribution is 5.65. The smallest absolute Gasteiger partial charge is 0.302 e. The quantitative estimate of drug-likeness (QED) is 0.719. The summed E-state index contributed by atoms with van der Waals surface area (Å²) in [6, 6.07) is 6.00. The number of carbonyl (C=O) groups excluding carboxylic acids is 1. The van der Waals surface area contributed by atoms with E-state index in [-0.39, 0.29) is 12.1 Å². The standard InChI is InChI=1S/C13H16O3/c1-8-9(2)16-13-6-11(4-5-12(8)13)7-15-10(3)14/h4-6,8-9H,7H2,1-3H3. The number of ether oxygens (including phenoxy) is 2. The minimum Gasteiger partial charge on any atom is -0.490 e. The summed E-state index contributed by atoms with van der Waals surface area (Å²) in [5, 5.41) is 0. The summed E-state index contributed by atoms with van der Waals surface area (Å²) in [7, 11) is 0. The van der Waals surface area contributed by atoms with Crippen LogP contribution in [0, 0.1) is 0 Å².